The molecule has 0 spiro atoms. The summed E-state index contributed by atoms with van der Waals surface area (Å²) in [6.07, 6.45) is 4.35. The number of piperidine rings is 2. The highest BCUT2D eigenvalue weighted by Gasteiger charge is 2.50. The third kappa shape index (κ3) is 6.49. The van der Waals surface area contributed by atoms with Gasteiger partial charge in [0.25, 0.3) is 0 Å². The van der Waals surface area contributed by atoms with Gasteiger partial charge in [0.1, 0.15) is 0 Å². The molecule has 2 saturated heterocycles. The molecular formula is C16H30F3N5O2S. The van der Waals surface area contributed by atoms with Crippen molar-refractivity contribution in [2.24, 2.45) is 4.99 Å². The topological polar surface area (TPSA) is 77.0 Å². The van der Waals surface area contributed by atoms with Crippen LogP contribution in [0.15, 0.2) is 4.99 Å². The van der Waals surface area contributed by atoms with Crippen molar-refractivity contribution in [3.05, 3.63) is 0 Å². The van der Waals surface area contributed by atoms with Crippen molar-refractivity contribution in [3.8, 4) is 0 Å². The lowest BCUT2D eigenvalue weighted by Gasteiger charge is -2.32. The van der Waals surface area contributed by atoms with Crippen LogP contribution in [0.2, 0.25) is 0 Å². The van der Waals surface area contributed by atoms with Crippen molar-refractivity contribution in [1.82, 2.24) is 19.8 Å². The summed E-state index contributed by atoms with van der Waals surface area (Å²) >= 11 is 0. The molecule has 0 aromatic rings. The van der Waals surface area contributed by atoms with Crippen LogP contribution in [0.4, 0.5) is 13.2 Å². The van der Waals surface area contributed by atoms with Gasteiger partial charge in [-0.25, -0.2) is 8.42 Å². The van der Waals surface area contributed by atoms with Crippen LogP contribution in [0.3, 0.4) is 0 Å². The number of alkyl halides is 3. The Bertz CT molecular complexity index is 583. The number of likely N-dealkylation sites (tertiary alicyclic amines) is 1. The standard InChI is InChI=1S/C16H30F3N5O2S/c1-2-20-15(21-8-13-23-9-4-3-5-10-23)22-14-6-11-24(12-7-14)27(25,26)16(17,18)19/h14H,2-13H2,1H3,(H2,20,21,22). The van der Waals surface area contributed by atoms with Gasteiger partial charge in [-0.05, 0) is 45.7 Å². The summed E-state index contributed by atoms with van der Waals surface area (Å²) in [4.78, 5) is 6.94. The number of rotatable bonds is 6. The van der Waals surface area contributed by atoms with Gasteiger partial charge in [-0.2, -0.15) is 17.5 Å². The first-order valence-corrected chi connectivity index (χ1v) is 11.0. The number of nitrogens with one attached hydrogen (secondary N) is 2. The van der Waals surface area contributed by atoms with Crippen LogP contribution >= 0.6 is 0 Å². The molecule has 2 N–H and O–H groups in total. The van der Waals surface area contributed by atoms with Crippen molar-refractivity contribution < 1.29 is 21.6 Å². The van der Waals surface area contributed by atoms with Crippen molar-refractivity contribution in [1.29, 1.82) is 0 Å². The van der Waals surface area contributed by atoms with E-state index in [0.717, 1.165) is 19.6 Å². The van der Waals surface area contributed by atoms with Gasteiger partial charge >= 0.3 is 15.5 Å². The lowest BCUT2D eigenvalue weighted by atomic mass is 10.1. The van der Waals surface area contributed by atoms with E-state index in [0.29, 0.717) is 36.2 Å². The second-order valence-corrected chi connectivity index (χ2v) is 8.86. The normalized spacial score (nSPS) is 22.0. The minimum Gasteiger partial charge on any atom is -0.357 e. The van der Waals surface area contributed by atoms with Gasteiger partial charge in [0.2, 0.25) is 0 Å². The van der Waals surface area contributed by atoms with E-state index in [1.807, 2.05) is 6.92 Å². The smallest absolute Gasteiger partial charge is 0.357 e. The molecule has 0 saturated carbocycles. The van der Waals surface area contributed by atoms with Crippen LogP contribution in [0.1, 0.15) is 39.0 Å². The van der Waals surface area contributed by atoms with Gasteiger partial charge in [-0.15, -0.1) is 0 Å². The summed E-state index contributed by atoms with van der Waals surface area (Å²) < 4.78 is 61.4. The first-order valence-electron chi connectivity index (χ1n) is 9.57. The number of hydrogen-bond donors (Lipinski definition) is 2. The van der Waals surface area contributed by atoms with E-state index in [9.17, 15) is 21.6 Å². The predicted octanol–water partition coefficient (Wildman–Crippen LogP) is 1.34. The minimum absolute atomic E-state index is 0.0996. The summed E-state index contributed by atoms with van der Waals surface area (Å²) in [7, 11) is -5.23. The molecule has 2 aliphatic heterocycles. The average molecular weight is 414 g/mol. The maximum atomic E-state index is 12.6. The fourth-order valence-electron chi connectivity index (χ4n) is 3.39. The number of sulfonamides is 1. The number of hydrogen-bond acceptors (Lipinski definition) is 4. The highest BCUT2D eigenvalue weighted by molar-refractivity contribution is 7.90. The van der Waals surface area contributed by atoms with E-state index < -0.39 is 15.5 Å². The Balaban J connectivity index is 1.82. The molecule has 0 aromatic heterocycles. The molecule has 2 heterocycles. The maximum absolute atomic E-state index is 12.6. The Kier molecular flexibility index (Phi) is 8.17. The fourth-order valence-corrected chi connectivity index (χ4v) is 4.37. The van der Waals surface area contributed by atoms with Gasteiger partial charge in [0.15, 0.2) is 5.96 Å². The van der Waals surface area contributed by atoms with E-state index in [4.69, 9.17) is 0 Å². The van der Waals surface area contributed by atoms with Crippen molar-refractivity contribution in [3.63, 3.8) is 0 Å². The second-order valence-electron chi connectivity index (χ2n) is 6.93. The van der Waals surface area contributed by atoms with Gasteiger partial charge in [0, 0.05) is 32.2 Å². The Morgan fingerprint density at radius 3 is 2.30 bits per heavy atom. The number of guanidine groups is 1. The molecule has 2 fully saturated rings. The zero-order chi connectivity index (χ0) is 19.9. The molecule has 0 atom stereocenters. The molecule has 0 unspecified atom stereocenters. The molecule has 11 heteroatoms. The zero-order valence-electron chi connectivity index (χ0n) is 15.8. The van der Waals surface area contributed by atoms with E-state index >= 15 is 0 Å². The van der Waals surface area contributed by atoms with Crippen LogP contribution in [-0.2, 0) is 10.0 Å². The van der Waals surface area contributed by atoms with E-state index in [1.165, 1.54) is 19.3 Å². The molecule has 27 heavy (non-hydrogen) atoms. The molecule has 158 valence electrons. The summed E-state index contributed by atoms with van der Waals surface area (Å²) in [5.74, 6) is 0.631. The SMILES string of the molecule is CCNC(=NCCN1CCCCC1)NC1CCN(S(=O)(=O)C(F)(F)F)CC1. The summed E-state index contributed by atoms with van der Waals surface area (Å²) in [6, 6.07) is -0.0996. The monoisotopic (exact) mass is 413 g/mol. The molecule has 0 bridgehead atoms. The largest absolute Gasteiger partial charge is 0.511 e. The van der Waals surface area contributed by atoms with Gasteiger partial charge < -0.3 is 15.5 Å². The predicted molar refractivity (Wildman–Crippen MR) is 99.0 cm³/mol. The molecule has 0 amide bonds. The van der Waals surface area contributed by atoms with Crippen LogP contribution < -0.4 is 10.6 Å². The van der Waals surface area contributed by atoms with Gasteiger partial charge in [0.05, 0.1) is 6.54 Å². The van der Waals surface area contributed by atoms with Crippen LogP contribution in [-0.4, -0.2) is 80.9 Å². The van der Waals surface area contributed by atoms with Crippen LogP contribution in [0, 0.1) is 0 Å². The summed E-state index contributed by atoms with van der Waals surface area (Å²) in [5.41, 5.74) is -5.24. The average Bonchev–Trinajstić information content (AvgIpc) is 2.62. The Labute approximate surface area is 159 Å². The minimum atomic E-state index is -5.24. The molecule has 0 aliphatic carbocycles. The molecule has 0 radical (unpaired) electrons. The Morgan fingerprint density at radius 2 is 1.74 bits per heavy atom. The lowest BCUT2D eigenvalue weighted by Crippen LogP contribution is -2.51. The van der Waals surface area contributed by atoms with E-state index in [1.54, 1.807) is 0 Å². The van der Waals surface area contributed by atoms with Crippen molar-refractivity contribution >= 4 is 16.0 Å². The summed E-state index contributed by atoms with van der Waals surface area (Å²) in [6.45, 7) is 6.07. The molecule has 2 rings (SSSR count). The highest BCUT2D eigenvalue weighted by atomic mass is 32.2. The molecule has 0 aromatic carbocycles. The Hall–Kier alpha value is -1.07. The van der Waals surface area contributed by atoms with E-state index in [-0.39, 0.29) is 19.1 Å². The van der Waals surface area contributed by atoms with Crippen molar-refractivity contribution in [2.45, 2.75) is 50.6 Å². The summed E-state index contributed by atoms with van der Waals surface area (Å²) in [5, 5.41) is 6.36. The first kappa shape index (κ1) is 22.2. The number of nitrogens with zero attached hydrogens (tertiary/aromatic N) is 3. The third-order valence-electron chi connectivity index (χ3n) is 4.91. The quantitative estimate of drug-likeness (QED) is 0.508. The highest BCUT2D eigenvalue weighted by Crippen LogP contribution is 2.28. The third-order valence-corrected chi connectivity index (χ3v) is 6.54. The second kappa shape index (κ2) is 9.92. The lowest BCUT2D eigenvalue weighted by molar-refractivity contribution is -0.0494. The van der Waals surface area contributed by atoms with Crippen LogP contribution in [0.25, 0.3) is 0 Å². The van der Waals surface area contributed by atoms with Crippen LogP contribution in [0.5, 0.6) is 0 Å². The van der Waals surface area contributed by atoms with Crippen molar-refractivity contribution in [2.75, 3.05) is 45.8 Å². The van der Waals surface area contributed by atoms with Gasteiger partial charge in [-0.1, -0.05) is 6.42 Å². The number of aliphatic imine (C=N–C) groups is 1. The molecular weight excluding hydrogens is 383 g/mol. The van der Waals surface area contributed by atoms with Gasteiger partial charge in [-0.3, -0.25) is 4.99 Å². The molecule has 2 aliphatic rings. The molecule has 7 nitrogen and oxygen atoms in total. The van der Waals surface area contributed by atoms with E-state index in [2.05, 4.69) is 20.5 Å². The number of halogens is 3. The Morgan fingerprint density at radius 1 is 1.11 bits per heavy atom. The maximum Gasteiger partial charge on any atom is 0.511 e. The fraction of sp³-hybridized carbons (Fsp3) is 0.938. The zero-order valence-corrected chi connectivity index (χ0v) is 16.6. The first-order chi connectivity index (χ1) is 12.7.